The Morgan fingerprint density at radius 3 is 2.88 bits per heavy atom. The first-order valence-corrected chi connectivity index (χ1v) is 6.45. The number of carbonyl (C=O) groups excluding carboxylic acids is 1. The molecule has 2 fully saturated rings. The number of aliphatic hydroxyl groups is 1. The molecule has 5 nitrogen and oxygen atoms in total. The molecule has 98 valence electrons. The highest BCUT2D eigenvalue weighted by Gasteiger charge is 2.30. The van der Waals surface area contributed by atoms with Crippen LogP contribution in [0.15, 0.2) is 0 Å². The lowest BCUT2D eigenvalue weighted by molar-refractivity contribution is -0.139. The molecule has 0 spiro atoms. The fourth-order valence-corrected chi connectivity index (χ4v) is 2.49. The van der Waals surface area contributed by atoms with E-state index in [4.69, 9.17) is 4.74 Å². The highest BCUT2D eigenvalue weighted by molar-refractivity contribution is 5.81. The van der Waals surface area contributed by atoms with Gasteiger partial charge in [-0.15, -0.1) is 0 Å². The van der Waals surface area contributed by atoms with Crippen LogP contribution in [0.2, 0.25) is 0 Å². The molecule has 17 heavy (non-hydrogen) atoms. The smallest absolute Gasteiger partial charge is 0.250 e. The van der Waals surface area contributed by atoms with Gasteiger partial charge >= 0.3 is 0 Å². The SMILES string of the molecule is CN1CCO[C@@H](C(=O)N[C@@H]2CCCC[C@@H]2O)C1. The second-order valence-corrected chi connectivity index (χ2v) is 5.09. The molecule has 1 aliphatic heterocycles. The van der Waals surface area contributed by atoms with Gasteiger partial charge in [0, 0.05) is 13.1 Å². The summed E-state index contributed by atoms with van der Waals surface area (Å²) in [5.41, 5.74) is 0. The van der Waals surface area contributed by atoms with Crippen LogP contribution in [0.1, 0.15) is 25.7 Å². The number of ether oxygens (including phenoxy) is 1. The first-order valence-electron chi connectivity index (χ1n) is 6.45. The number of nitrogens with zero attached hydrogens (tertiary/aromatic N) is 1. The third-order valence-corrected chi connectivity index (χ3v) is 3.62. The molecule has 5 heteroatoms. The van der Waals surface area contributed by atoms with E-state index in [9.17, 15) is 9.90 Å². The topological polar surface area (TPSA) is 61.8 Å². The lowest BCUT2D eigenvalue weighted by Gasteiger charge is -2.33. The van der Waals surface area contributed by atoms with Gasteiger partial charge in [-0.1, -0.05) is 12.8 Å². The molecule has 1 aliphatic carbocycles. The average molecular weight is 242 g/mol. The molecular weight excluding hydrogens is 220 g/mol. The molecule has 0 aromatic rings. The van der Waals surface area contributed by atoms with Gasteiger partial charge in [0.15, 0.2) is 0 Å². The maximum atomic E-state index is 12.0. The Kier molecular flexibility index (Phi) is 4.36. The molecule has 2 rings (SSSR count). The molecule has 1 heterocycles. The molecule has 1 amide bonds. The van der Waals surface area contributed by atoms with E-state index in [-0.39, 0.29) is 18.1 Å². The summed E-state index contributed by atoms with van der Waals surface area (Å²) in [7, 11) is 1.98. The number of nitrogens with one attached hydrogen (secondary N) is 1. The van der Waals surface area contributed by atoms with Gasteiger partial charge in [-0.3, -0.25) is 4.79 Å². The van der Waals surface area contributed by atoms with E-state index in [1.54, 1.807) is 0 Å². The number of morpholine rings is 1. The number of likely N-dealkylation sites (N-methyl/N-ethyl adjacent to an activating group) is 1. The molecule has 0 unspecified atom stereocenters. The first kappa shape index (κ1) is 12.8. The first-order chi connectivity index (χ1) is 8.16. The van der Waals surface area contributed by atoms with Gasteiger partial charge in [0.1, 0.15) is 6.10 Å². The van der Waals surface area contributed by atoms with Crippen LogP contribution in [-0.2, 0) is 9.53 Å². The van der Waals surface area contributed by atoms with E-state index in [1.807, 2.05) is 7.05 Å². The van der Waals surface area contributed by atoms with Crippen LogP contribution in [-0.4, -0.2) is 60.9 Å². The maximum absolute atomic E-state index is 12.0. The Bertz CT molecular complexity index is 272. The number of rotatable bonds is 2. The fourth-order valence-electron chi connectivity index (χ4n) is 2.49. The summed E-state index contributed by atoms with van der Waals surface area (Å²) < 4.78 is 5.45. The summed E-state index contributed by atoms with van der Waals surface area (Å²) >= 11 is 0. The van der Waals surface area contributed by atoms with Crippen molar-refractivity contribution in [2.24, 2.45) is 0 Å². The zero-order chi connectivity index (χ0) is 12.3. The summed E-state index contributed by atoms with van der Waals surface area (Å²) in [6.45, 7) is 2.10. The van der Waals surface area contributed by atoms with E-state index < -0.39 is 6.10 Å². The predicted octanol–water partition coefficient (Wildman–Crippen LogP) is -0.263. The number of hydrogen-bond acceptors (Lipinski definition) is 4. The minimum Gasteiger partial charge on any atom is -0.391 e. The molecule has 2 N–H and O–H groups in total. The van der Waals surface area contributed by atoms with Gasteiger partial charge in [0.2, 0.25) is 0 Å². The Labute approximate surface area is 102 Å². The van der Waals surface area contributed by atoms with Crippen molar-refractivity contribution in [2.75, 3.05) is 26.7 Å². The average Bonchev–Trinajstić information content (AvgIpc) is 2.32. The molecule has 0 aromatic carbocycles. The van der Waals surface area contributed by atoms with Crippen LogP contribution in [0.4, 0.5) is 0 Å². The van der Waals surface area contributed by atoms with Crippen LogP contribution < -0.4 is 5.32 Å². The number of aliphatic hydroxyl groups excluding tert-OH is 1. The Morgan fingerprint density at radius 1 is 1.41 bits per heavy atom. The van der Waals surface area contributed by atoms with E-state index in [1.165, 1.54) is 0 Å². The fraction of sp³-hybridized carbons (Fsp3) is 0.917. The van der Waals surface area contributed by atoms with E-state index >= 15 is 0 Å². The van der Waals surface area contributed by atoms with E-state index in [0.717, 1.165) is 32.2 Å². The highest BCUT2D eigenvalue weighted by atomic mass is 16.5. The van der Waals surface area contributed by atoms with Gasteiger partial charge in [-0.25, -0.2) is 0 Å². The normalized spacial score (nSPS) is 35.5. The molecule has 0 radical (unpaired) electrons. The maximum Gasteiger partial charge on any atom is 0.250 e. The second-order valence-electron chi connectivity index (χ2n) is 5.09. The van der Waals surface area contributed by atoms with Crippen LogP contribution in [0, 0.1) is 0 Å². The van der Waals surface area contributed by atoms with E-state index in [2.05, 4.69) is 10.2 Å². The van der Waals surface area contributed by atoms with Gasteiger partial charge < -0.3 is 20.1 Å². The Morgan fingerprint density at radius 2 is 2.18 bits per heavy atom. The molecule has 0 bridgehead atoms. The number of carbonyl (C=O) groups is 1. The van der Waals surface area contributed by atoms with Crippen molar-refractivity contribution in [3.63, 3.8) is 0 Å². The molecule has 0 aromatic heterocycles. The van der Waals surface area contributed by atoms with Gasteiger partial charge in [-0.05, 0) is 19.9 Å². The predicted molar refractivity (Wildman–Crippen MR) is 63.6 cm³/mol. The van der Waals surface area contributed by atoms with Crippen molar-refractivity contribution < 1.29 is 14.6 Å². The third kappa shape index (κ3) is 3.40. The zero-order valence-corrected chi connectivity index (χ0v) is 10.4. The third-order valence-electron chi connectivity index (χ3n) is 3.62. The lowest BCUT2D eigenvalue weighted by Crippen LogP contribution is -2.53. The zero-order valence-electron chi connectivity index (χ0n) is 10.4. The lowest BCUT2D eigenvalue weighted by atomic mass is 9.92. The standard InChI is InChI=1S/C12H22N2O3/c1-14-6-7-17-11(8-14)12(16)13-9-4-2-3-5-10(9)15/h9-11,15H,2-8H2,1H3,(H,13,16)/t9-,10+,11-/m1/s1. The minimum absolute atomic E-state index is 0.0810. The van der Waals surface area contributed by atoms with Crippen molar-refractivity contribution in [1.82, 2.24) is 10.2 Å². The van der Waals surface area contributed by atoms with Gasteiger partial charge in [-0.2, -0.15) is 0 Å². The monoisotopic (exact) mass is 242 g/mol. The highest BCUT2D eigenvalue weighted by Crippen LogP contribution is 2.18. The van der Waals surface area contributed by atoms with Gasteiger partial charge in [0.25, 0.3) is 5.91 Å². The minimum atomic E-state index is -0.394. The van der Waals surface area contributed by atoms with Crippen molar-refractivity contribution >= 4 is 5.91 Å². The Balaban J connectivity index is 1.83. The van der Waals surface area contributed by atoms with Crippen molar-refractivity contribution in [2.45, 2.75) is 43.9 Å². The van der Waals surface area contributed by atoms with Crippen LogP contribution in [0.25, 0.3) is 0 Å². The van der Waals surface area contributed by atoms with Crippen molar-refractivity contribution in [3.05, 3.63) is 0 Å². The van der Waals surface area contributed by atoms with Gasteiger partial charge in [0.05, 0.1) is 18.8 Å². The number of hydrogen-bond donors (Lipinski definition) is 2. The molecule has 3 atom stereocenters. The second kappa shape index (κ2) is 5.80. The summed E-state index contributed by atoms with van der Waals surface area (Å²) in [6, 6.07) is -0.0907. The Hall–Kier alpha value is -0.650. The largest absolute Gasteiger partial charge is 0.391 e. The van der Waals surface area contributed by atoms with Crippen LogP contribution >= 0.6 is 0 Å². The molecule has 1 saturated carbocycles. The summed E-state index contributed by atoms with van der Waals surface area (Å²) in [6.07, 6.45) is 3.01. The summed E-state index contributed by atoms with van der Waals surface area (Å²) in [5, 5.41) is 12.7. The summed E-state index contributed by atoms with van der Waals surface area (Å²) in [4.78, 5) is 14.1. The summed E-state index contributed by atoms with van der Waals surface area (Å²) in [5.74, 6) is -0.0810. The number of amides is 1. The molecular formula is C12H22N2O3. The quantitative estimate of drug-likeness (QED) is 0.700. The van der Waals surface area contributed by atoms with Crippen molar-refractivity contribution in [1.29, 1.82) is 0 Å². The van der Waals surface area contributed by atoms with E-state index in [0.29, 0.717) is 13.2 Å². The molecule has 2 aliphatic rings. The van der Waals surface area contributed by atoms with Crippen LogP contribution in [0.5, 0.6) is 0 Å². The molecule has 1 saturated heterocycles. The van der Waals surface area contributed by atoms with Crippen LogP contribution in [0.3, 0.4) is 0 Å². The van der Waals surface area contributed by atoms with Crippen molar-refractivity contribution in [3.8, 4) is 0 Å².